The lowest BCUT2D eigenvalue weighted by atomic mass is 9.63. The third-order valence-corrected chi connectivity index (χ3v) is 8.01. The van der Waals surface area contributed by atoms with Gasteiger partial charge in [0.05, 0.1) is 11.5 Å². The molecule has 0 bridgehead atoms. The van der Waals surface area contributed by atoms with Crippen LogP contribution in [0.3, 0.4) is 0 Å². The minimum Gasteiger partial charge on any atom is -0.198 e. The zero-order valence-corrected chi connectivity index (χ0v) is 18.6. The Balaban J connectivity index is 1.63. The fraction of sp³-hybridized carbons (Fsp3) is 0.962. The summed E-state index contributed by atoms with van der Waals surface area (Å²) in [5.41, 5.74) is 0.0399. The zero-order valence-electron chi connectivity index (χ0n) is 18.6. The summed E-state index contributed by atoms with van der Waals surface area (Å²) in [6.07, 6.45) is 26.0. The number of hydrogen-bond acceptors (Lipinski definition) is 1. The van der Waals surface area contributed by atoms with Gasteiger partial charge in [-0.2, -0.15) is 5.26 Å². The number of unbranched alkanes of at least 4 members (excludes halogenated alkanes) is 7. The molecule has 2 fully saturated rings. The van der Waals surface area contributed by atoms with E-state index in [1.807, 2.05) is 0 Å². The van der Waals surface area contributed by atoms with Crippen molar-refractivity contribution >= 4 is 0 Å². The molecule has 2 aliphatic carbocycles. The van der Waals surface area contributed by atoms with Crippen molar-refractivity contribution in [2.24, 2.45) is 23.2 Å². The highest BCUT2D eigenvalue weighted by Crippen LogP contribution is 2.47. The van der Waals surface area contributed by atoms with Crippen LogP contribution in [0, 0.1) is 34.5 Å². The maximum Gasteiger partial charge on any atom is 0.0689 e. The second kappa shape index (κ2) is 12.9. The molecule has 0 heterocycles. The minimum absolute atomic E-state index is 0.0399. The van der Waals surface area contributed by atoms with Gasteiger partial charge < -0.3 is 0 Å². The Morgan fingerprint density at radius 3 is 1.85 bits per heavy atom. The molecule has 2 aliphatic rings. The number of rotatable bonds is 12. The first-order chi connectivity index (χ1) is 13.2. The maximum absolute atomic E-state index is 9.88. The smallest absolute Gasteiger partial charge is 0.0689 e. The molecule has 1 nitrogen and oxygen atoms in total. The van der Waals surface area contributed by atoms with Crippen molar-refractivity contribution in [2.45, 2.75) is 136 Å². The van der Waals surface area contributed by atoms with Gasteiger partial charge in [-0.05, 0) is 62.7 Å². The minimum atomic E-state index is 0.0399. The van der Waals surface area contributed by atoms with Crippen LogP contribution in [0.25, 0.3) is 0 Å². The number of nitrogens with zero attached hydrogens (tertiary/aromatic N) is 1. The van der Waals surface area contributed by atoms with Crippen LogP contribution < -0.4 is 0 Å². The predicted molar refractivity (Wildman–Crippen MR) is 118 cm³/mol. The van der Waals surface area contributed by atoms with E-state index in [1.165, 1.54) is 122 Å². The Bertz CT molecular complexity index is 404. The standard InChI is InChI=1S/C26H47N/c1-3-5-7-8-9-10-11-19-26(22-27)20-17-25(18-21-26)24-15-13-23(14-16-24)12-6-4-2/h23-25H,3-21H2,1-2H3. The van der Waals surface area contributed by atoms with Crippen LogP contribution in [0.5, 0.6) is 0 Å². The van der Waals surface area contributed by atoms with Crippen LogP contribution in [-0.4, -0.2) is 0 Å². The van der Waals surface area contributed by atoms with Crippen LogP contribution in [0.4, 0.5) is 0 Å². The molecule has 2 rings (SSSR count). The summed E-state index contributed by atoms with van der Waals surface area (Å²) < 4.78 is 0. The van der Waals surface area contributed by atoms with Crippen molar-refractivity contribution in [2.75, 3.05) is 0 Å². The largest absolute Gasteiger partial charge is 0.198 e. The molecule has 2 saturated carbocycles. The lowest BCUT2D eigenvalue weighted by Crippen LogP contribution is -2.31. The Labute approximate surface area is 170 Å². The first-order valence-electron chi connectivity index (χ1n) is 12.6. The van der Waals surface area contributed by atoms with Crippen LogP contribution in [0.2, 0.25) is 0 Å². The van der Waals surface area contributed by atoms with E-state index in [9.17, 15) is 5.26 Å². The van der Waals surface area contributed by atoms with Gasteiger partial charge in [-0.3, -0.25) is 0 Å². The highest BCUT2D eigenvalue weighted by atomic mass is 14.4. The van der Waals surface area contributed by atoms with E-state index in [-0.39, 0.29) is 5.41 Å². The highest BCUT2D eigenvalue weighted by molar-refractivity contribution is 5.02. The highest BCUT2D eigenvalue weighted by Gasteiger charge is 2.38. The van der Waals surface area contributed by atoms with Gasteiger partial charge in [-0.25, -0.2) is 0 Å². The Morgan fingerprint density at radius 1 is 0.704 bits per heavy atom. The fourth-order valence-electron chi connectivity index (χ4n) is 5.94. The summed E-state index contributed by atoms with van der Waals surface area (Å²) in [5.74, 6) is 2.95. The summed E-state index contributed by atoms with van der Waals surface area (Å²) in [7, 11) is 0. The average Bonchev–Trinajstić information content (AvgIpc) is 2.72. The molecule has 0 amide bonds. The summed E-state index contributed by atoms with van der Waals surface area (Å²) >= 11 is 0. The van der Waals surface area contributed by atoms with E-state index in [1.54, 1.807) is 0 Å². The van der Waals surface area contributed by atoms with Gasteiger partial charge in [0.2, 0.25) is 0 Å². The SMILES string of the molecule is CCCCCCCCCC1(C#N)CCC(C2CCC(CCCC)CC2)CC1. The molecular formula is C26H47N. The van der Waals surface area contributed by atoms with Crippen molar-refractivity contribution in [1.82, 2.24) is 0 Å². The predicted octanol–water partition coefficient (Wildman–Crippen LogP) is 8.82. The van der Waals surface area contributed by atoms with E-state index in [0.717, 1.165) is 17.8 Å². The summed E-state index contributed by atoms with van der Waals surface area (Å²) in [6.45, 7) is 4.60. The van der Waals surface area contributed by atoms with Gasteiger partial charge >= 0.3 is 0 Å². The molecule has 0 aromatic rings. The van der Waals surface area contributed by atoms with Gasteiger partial charge in [0, 0.05) is 0 Å². The molecule has 0 N–H and O–H groups in total. The second-order valence-electron chi connectivity index (χ2n) is 10.0. The van der Waals surface area contributed by atoms with Gasteiger partial charge in [0.25, 0.3) is 0 Å². The van der Waals surface area contributed by atoms with Crippen molar-refractivity contribution in [3.8, 4) is 6.07 Å². The zero-order chi connectivity index (χ0) is 19.4. The molecule has 0 aromatic heterocycles. The third-order valence-electron chi connectivity index (χ3n) is 8.01. The van der Waals surface area contributed by atoms with Gasteiger partial charge in [-0.1, -0.05) is 90.9 Å². The molecule has 0 spiro atoms. The Hall–Kier alpha value is -0.510. The summed E-state index contributed by atoms with van der Waals surface area (Å²) in [4.78, 5) is 0. The molecule has 156 valence electrons. The topological polar surface area (TPSA) is 23.8 Å². The molecule has 0 radical (unpaired) electrons. The van der Waals surface area contributed by atoms with Gasteiger partial charge in [0.1, 0.15) is 0 Å². The van der Waals surface area contributed by atoms with Crippen molar-refractivity contribution < 1.29 is 0 Å². The average molecular weight is 374 g/mol. The molecule has 0 atom stereocenters. The number of hydrogen-bond donors (Lipinski definition) is 0. The van der Waals surface area contributed by atoms with E-state index in [2.05, 4.69) is 19.9 Å². The lowest BCUT2D eigenvalue weighted by molar-refractivity contribution is 0.114. The van der Waals surface area contributed by atoms with Gasteiger partial charge in [0.15, 0.2) is 0 Å². The van der Waals surface area contributed by atoms with E-state index in [4.69, 9.17) is 0 Å². The monoisotopic (exact) mass is 373 g/mol. The lowest BCUT2D eigenvalue weighted by Gasteiger charge is -2.41. The quantitative estimate of drug-likeness (QED) is 0.313. The molecule has 1 heteroatoms. The molecular weight excluding hydrogens is 326 g/mol. The maximum atomic E-state index is 9.88. The Morgan fingerprint density at radius 2 is 1.26 bits per heavy atom. The first-order valence-corrected chi connectivity index (χ1v) is 12.6. The van der Waals surface area contributed by atoms with Gasteiger partial charge in [-0.15, -0.1) is 0 Å². The van der Waals surface area contributed by atoms with E-state index in [0.29, 0.717) is 0 Å². The second-order valence-corrected chi connectivity index (χ2v) is 10.0. The normalized spacial score (nSPS) is 31.5. The van der Waals surface area contributed by atoms with Crippen LogP contribution in [0.15, 0.2) is 0 Å². The van der Waals surface area contributed by atoms with Crippen LogP contribution in [0.1, 0.15) is 136 Å². The van der Waals surface area contributed by atoms with E-state index >= 15 is 0 Å². The Kier molecular flexibility index (Phi) is 10.8. The van der Waals surface area contributed by atoms with Crippen LogP contribution in [-0.2, 0) is 0 Å². The van der Waals surface area contributed by atoms with Crippen LogP contribution >= 0.6 is 0 Å². The fourth-order valence-corrected chi connectivity index (χ4v) is 5.94. The first kappa shape index (κ1) is 22.8. The molecule has 0 unspecified atom stereocenters. The van der Waals surface area contributed by atoms with Crippen molar-refractivity contribution in [3.05, 3.63) is 0 Å². The van der Waals surface area contributed by atoms with Crippen molar-refractivity contribution in [1.29, 1.82) is 5.26 Å². The molecule has 0 aliphatic heterocycles. The molecule has 0 aromatic carbocycles. The van der Waals surface area contributed by atoms with E-state index < -0.39 is 0 Å². The third kappa shape index (κ3) is 7.79. The number of nitriles is 1. The van der Waals surface area contributed by atoms with Crippen molar-refractivity contribution in [3.63, 3.8) is 0 Å². The summed E-state index contributed by atoms with van der Waals surface area (Å²) in [5, 5.41) is 9.88. The molecule has 27 heavy (non-hydrogen) atoms. The molecule has 0 saturated heterocycles. The summed E-state index contributed by atoms with van der Waals surface area (Å²) in [6, 6.07) is 2.78.